The predicted octanol–water partition coefficient (Wildman–Crippen LogP) is 3.17. The maximum Gasteiger partial charge on any atom is 0.239 e. The van der Waals surface area contributed by atoms with E-state index in [0.29, 0.717) is 6.54 Å². The average Bonchev–Trinajstić information content (AvgIpc) is 2.34. The van der Waals surface area contributed by atoms with Crippen molar-refractivity contribution in [2.24, 2.45) is 5.73 Å². The van der Waals surface area contributed by atoms with Crippen LogP contribution in [-0.4, -0.2) is 23.7 Å². The van der Waals surface area contributed by atoms with Crippen LogP contribution in [0.25, 0.3) is 0 Å². The minimum atomic E-state index is -0.788. The van der Waals surface area contributed by atoms with Gasteiger partial charge < -0.3 is 11.1 Å². The topological polar surface area (TPSA) is 55.1 Å². The molecule has 19 heavy (non-hydrogen) atoms. The Morgan fingerprint density at radius 2 is 2.05 bits per heavy atom. The molecule has 0 radical (unpaired) electrons. The van der Waals surface area contributed by atoms with Gasteiger partial charge in [0.25, 0.3) is 0 Å². The third kappa shape index (κ3) is 6.45. The van der Waals surface area contributed by atoms with Gasteiger partial charge in [-0.2, -0.15) is 0 Å². The van der Waals surface area contributed by atoms with Crippen LogP contribution in [0.5, 0.6) is 0 Å². The van der Waals surface area contributed by atoms with Crippen molar-refractivity contribution in [3.05, 3.63) is 28.7 Å². The second kappa shape index (κ2) is 7.92. The highest BCUT2D eigenvalue weighted by Crippen LogP contribution is 2.27. The first-order valence-electron chi connectivity index (χ1n) is 6.36. The molecule has 0 saturated carbocycles. The molecule has 0 unspecified atom stereocenters. The lowest BCUT2D eigenvalue weighted by atomic mass is 10.1. The SMILES string of the molecule is CC(C)(N)C(=O)NCCCCSc1ccccc1Br. The van der Waals surface area contributed by atoms with Crippen LogP contribution >= 0.6 is 27.7 Å². The number of thioether (sulfide) groups is 1. The second-order valence-electron chi connectivity index (χ2n) is 4.96. The van der Waals surface area contributed by atoms with Gasteiger partial charge in [0.1, 0.15) is 0 Å². The molecule has 0 fully saturated rings. The molecule has 0 spiro atoms. The van der Waals surface area contributed by atoms with Crippen LogP contribution in [0.4, 0.5) is 0 Å². The van der Waals surface area contributed by atoms with Crippen LogP contribution in [0.15, 0.2) is 33.6 Å². The van der Waals surface area contributed by atoms with E-state index in [2.05, 4.69) is 27.3 Å². The lowest BCUT2D eigenvalue weighted by molar-refractivity contribution is -0.125. The first kappa shape index (κ1) is 16.5. The Bertz CT molecular complexity index is 418. The largest absolute Gasteiger partial charge is 0.355 e. The Morgan fingerprint density at radius 3 is 2.68 bits per heavy atom. The number of unbranched alkanes of at least 4 members (excludes halogenated alkanes) is 1. The zero-order chi connectivity index (χ0) is 14.3. The summed E-state index contributed by atoms with van der Waals surface area (Å²) in [5, 5.41) is 2.85. The molecule has 0 aliphatic carbocycles. The third-order valence-corrected chi connectivity index (χ3v) is 4.65. The van der Waals surface area contributed by atoms with Gasteiger partial charge in [-0.25, -0.2) is 0 Å². The summed E-state index contributed by atoms with van der Waals surface area (Å²) in [5.41, 5.74) is 4.90. The van der Waals surface area contributed by atoms with Crippen LogP contribution in [0.1, 0.15) is 26.7 Å². The highest BCUT2D eigenvalue weighted by Gasteiger charge is 2.20. The highest BCUT2D eigenvalue weighted by molar-refractivity contribution is 9.10. The molecule has 106 valence electrons. The Hall–Kier alpha value is -0.520. The molecule has 0 aromatic heterocycles. The molecule has 0 aliphatic heterocycles. The Labute approximate surface area is 127 Å². The fourth-order valence-corrected chi connectivity index (χ4v) is 2.98. The number of halogens is 1. The lowest BCUT2D eigenvalue weighted by Gasteiger charge is -2.17. The monoisotopic (exact) mass is 344 g/mol. The summed E-state index contributed by atoms with van der Waals surface area (Å²) in [6.45, 7) is 4.12. The van der Waals surface area contributed by atoms with Gasteiger partial charge in [-0.3, -0.25) is 4.79 Å². The van der Waals surface area contributed by atoms with Crippen molar-refractivity contribution in [2.45, 2.75) is 37.1 Å². The van der Waals surface area contributed by atoms with Gasteiger partial charge in [0.15, 0.2) is 0 Å². The summed E-state index contributed by atoms with van der Waals surface area (Å²) < 4.78 is 1.14. The summed E-state index contributed by atoms with van der Waals surface area (Å²) in [7, 11) is 0. The molecule has 1 aromatic rings. The smallest absolute Gasteiger partial charge is 0.239 e. The van der Waals surface area contributed by atoms with E-state index in [1.807, 2.05) is 30.0 Å². The van der Waals surface area contributed by atoms with Gasteiger partial charge in [0.05, 0.1) is 5.54 Å². The number of hydrogen-bond acceptors (Lipinski definition) is 3. The number of carbonyl (C=O) groups excluding carboxylic acids is 1. The van der Waals surface area contributed by atoms with Crippen molar-refractivity contribution < 1.29 is 4.79 Å². The van der Waals surface area contributed by atoms with E-state index in [1.165, 1.54) is 4.90 Å². The van der Waals surface area contributed by atoms with E-state index in [0.717, 1.165) is 23.1 Å². The van der Waals surface area contributed by atoms with E-state index in [-0.39, 0.29) is 5.91 Å². The van der Waals surface area contributed by atoms with Gasteiger partial charge in [-0.15, -0.1) is 11.8 Å². The maximum atomic E-state index is 11.5. The molecule has 1 aromatic carbocycles. The summed E-state index contributed by atoms with van der Waals surface area (Å²) in [6.07, 6.45) is 2.04. The fourth-order valence-electron chi connectivity index (χ4n) is 1.40. The van der Waals surface area contributed by atoms with E-state index in [4.69, 9.17) is 5.73 Å². The van der Waals surface area contributed by atoms with E-state index >= 15 is 0 Å². The summed E-state index contributed by atoms with van der Waals surface area (Å²) in [6, 6.07) is 8.20. The normalized spacial score (nSPS) is 11.4. The number of carbonyl (C=O) groups is 1. The molecular formula is C14H21BrN2OS. The minimum absolute atomic E-state index is 0.0917. The van der Waals surface area contributed by atoms with Crippen LogP contribution < -0.4 is 11.1 Å². The van der Waals surface area contributed by atoms with Crippen molar-refractivity contribution in [3.8, 4) is 0 Å². The predicted molar refractivity (Wildman–Crippen MR) is 85.4 cm³/mol. The van der Waals surface area contributed by atoms with Crippen molar-refractivity contribution >= 4 is 33.6 Å². The fraction of sp³-hybridized carbons (Fsp3) is 0.500. The number of nitrogens with two attached hydrogens (primary N) is 1. The number of nitrogens with one attached hydrogen (secondary N) is 1. The van der Waals surface area contributed by atoms with Gasteiger partial charge in [-0.05, 0) is 60.5 Å². The van der Waals surface area contributed by atoms with Crippen molar-refractivity contribution in [2.75, 3.05) is 12.3 Å². The molecular weight excluding hydrogens is 324 g/mol. The second-order valence-corrected chi connectivity index (χ2v) is 6.95. The van der Waals surface area contributed by atoms with E-state index < -0.39 is 5.54 Å². The van der Waals surface area contributed by atoms with Crippen LogP contribution in [0.2, 0.25) is 0 Å². The molecule has 1 amide bonds. The van der Waals surface area contributed by atoms with E-state index in [9.17, 15) is 4.79 Å². The molecule has 5 heteroatoms. The summed E-state index contributed by atoms with van der Waals surface area (Å²) >= 11 is 5.36. The molecule has 3 nitrogen and oxygen atoms in total. The number of rotatable bonds is 7. The van der Waals surface area contributed by atoms with Crippen molar-refractivity contribution in [1.82, 2.24) is 5.32 Å². The molecule has 1 rings (SSSR count). The lowest BCUT2D eigenvalue weighted by Crippen LogP contribution is -2.49. The first-order chi connectivity index (χ1) is 8.91. The molecule has 0 aliphatic rings. The third-order valence-electron chi connectivity index (χ3n) is 2.54. The maximum absolute atomic E-state index is 11.5. The molecule has 0 heterocycles. The van der Waals surface area contributed by atoms with Crippen molar-refractivity contribution in [3.63, 3.8) is 0 Å². The summed E-state index contributed by atoms with van der Waals surface area (Å²) in [5.74, 6) is 0.954. The number of benzene rings is 1. The van der Waals surface area contributed by atoms with E-state index in [1.54, 1.807) is 13.8 Å². The number of hydrogen-bond donors (Lipinski definition) is 2. The Morgan fingerprint density at radius 1 is 1.37 bits per heavy atom. The highest BCUT2D eigenvalue weighted by atomic mass is 79.9. The zero-order valence-electron chi connectivity index (χ0n) is 11.4. The number of amides is 1. The quantitative estimate of drug-likeness (QED) is 0.590. The molecule has 0 atom stereocenters. The van der Waals surface area contributed by atoms with Crippen molar-refractivity contribution in [1.29, 1.82) is 0 Å². The zero-order valence-corrected chi connectivity index (χ0v) is 13.8. The molecule has 0 bridgehead atoms. The van der Waals surface area contributed by atoms with Crippen LogP contribution in [0, 0.1) is 0 Å². The van der Waals surface area contributed by atoms with Gasteiger partial charge in [-0.1, -0.05) is 12.1 Å². The van der Waals surface area contributed by atoms with Gasteiger partial charge in [0.2, 0.25) is 5.91 Å². The van der Waals surface area contributed by atoms with Gasteiger partial charge >= 0.3 is 0 Å². The average molecular weight is 345 g/mol. The minimum Gasteiger partial charge on any atom is -0.355 e. The van der Waals surface area contributed by atoms with Crippen LogP contribution in [0.3, 0.4) is 0 Å². The van der Waals surface area contributed by atoms with Crippen LogP contribution in [-0.2, 0) is 4.79 Å². The standard InChI is InChI=1S/C14H21BrN2OS/c1-14(2,16)13(18)17-9-5-6-10-19-12-8-4-3-7-11(12)15/h3-4,7-8H,5-6,9-10,16H2,1-2H3,(H,17,18). The first-order valence-corrected chi connectivity index (χ1v) is 8.13. The Balaban J connectivity index is 2.13. The van der Waals surface area contributed by atoms with Gasteiger partial charge in [0, 0.05) is 15.9 Å². The molecule has 3 N–H and O–H groups in total. The molecule has 0 saturated heterocycles. The summed E-state index contributed by atoms with van der Waals surface area (Å²) in [4.78, 5) is 12.8. The Kier molecular flexibility index (Phi) is 6.89.